The predicted molar refractivity (Wildman–Crippen MR) is 80.4 cm³/mol. The maximum atomic E-state index is 12.7. The third-order valence-corrected chi connectivity index (χ3v) is 6.96. The van der Waals surface area contributed by atoms with Crippen molar-refractivity contribution in [2.75, 3.05) is 19.3 Å². The van der Waals surface area contributed by atoms with Gasteiger partial charge in [0.05, 0.1) is 9.79 Å². The van der Waals surface area contributed by atoms with Gasteiger partial charge >= 0.3 is 0 Å². The van der Waals surface area contributed by atoms with Crippen LogP contribution in [0.5, 0.6) is 0 Å². The molecule has 118 valence electrons. The summed E-state index contributed by atoms with van der Waals surface area (Å²) in [4.78, 5) is 0.235. The number of sulfone groups is 1. The van der Waals surface area contributed by atoms with E-state index in [2.05, 4.69) is 5.32 Å². The molecule has 1 aliphatic heterocycles. The number of hydrogen-bond donors (Lipinski definition) is 1. The first-order valence-corrected chi connectivity index (χ1v) is 10.0. The second-order valence-electron chi connectivity index (χ2n) is 5.34. The van der Waals surface area contributed by atoms with Gasteiger partial charge in [-0.2, -0.15) is 4.31 Å². The number of hydrogen-bond acceptors (Lipinski definition) is 5. The van der Waals surface area contributed by atoms with Gasteiger partial charge in [0.25, 0.3) is 0 Å². The fourth-order valence-electron chi connectivity index (χ4n) is 2.36. The van der Waals surface area contributed by atoms with Crippen molar-refractivity contribution in [3.05, 3.63) is 24.3 Å². The summed E-state index contributed by atoms with van der Waals surface area (Å²) in [7, 11) is -6.94. The maximum Gasteiger partial charge on any atom is 0.243 e. The van der Waals surface area contributed by atoms with Crippen molar-refractivity contribution in [3.8, 4) is 0 Å². The van der Waals surface area contributed by atoms with Crippen LogP contribution in [0.2, 0.25) is 0 Å². The van der Waals surface area contributed by atoms with E-state index in [4.69, 9.17) is 0 Å². The molecule has 1 N–H and O–H groups in total. The summed E-state index contributed by atoms with van der Waals surface area (Å²) >= 11 is 0. The number of sulfonamides is 1. The Bertz CT molecular complexity index is 711. The van der Waals surface area contributed by atoms with Gasteiger partial charge in [-0.3, -0.25) is 0 Å². The van der Waals surface area contributed by atoms with Crippen LogP contribution in [-0.2, 0) is 19.9 Å². The van der Waals surface area contributed by atoms with Gasteiger partial charge in [-0.25, -0.2) is 16.8 Å². The average molecular weight is 332 g/mol. The maximum absolute atomic E-state index is 12.7. The molecule has 0 radical (unpaired) electrons. The largest absolute Gasteiger partial charge is 0.311 e. The Hall–Kier alpha value is -0.960. The average Bonchev–Trinajstić information content (AvgIpc) is 2.41. The van der Waals surface area contributed by atoms with Gasteiger partial charge in [0, 0.05) is 31.4 Å². The van der Waals surface area contributed by atoms with Crippen molar-refractivity contribution in [1.29, 1.82) is 0 Å². The van der Waals surface area contributed by atoms with Crippen LogP contribution in [0.4, 0.5) is 0 Å². The Morgan fingerprint density at radius 2 is 1.57 bits per heavy atom. The van der Waals surface area contributed by atoms with E-state index in [1.165, 1.54) is 28.6 Å². The van der Waals surface area contributed by atoms with Gasteiger partial charge in [-0.05, 0) is 38.1 Å². The van der Waals surface area contributed by atoms with Crippen LogP contribution in [0.25, 0.3) is 0 Å². The summed E-state index contributed by atoms with van der Waals surface area (Å²) in [5, 5.41) is 3.23. The Kier molecular flexibility index (Phi) is 4.44. The van der Waals surface area contributed by atoms with E-state index in [9.17, 15) is 16.8 Å². The third kappa shape index (κ3) is 3.28. The highest BCUT2D eigenvalue weighted by Crippen LogP contribution is 2.22. The highest BCUT2D eigenvalue weighted by atomic mass is 32.2. The molecule has 1 aromatic rings. The van der Waals surface area contributed by atoms with E-state index in [1.54, 1.807) is 0 Å². The highest BCUT2D eigenvalue weighted by molar-refractivity contribution is 7.90. The molecule has 2 rings (SSSR count). The lowest BCUT2D eigenvalue weighted by atomic mass is 10.1. The van der Waals surface area contributed by atoms with Crippen LogP contribution in [0.3, 0.4) is 0 Å². The van der Waals surface area contributed by atoms with Crippen molar-refractivity contribution in [2.45, 2.75) is 35.7 Å². The quantitative estimate of drug-likeness (QED) is 0.869. The zero-order valence-corrected chi connectivity index (χ0v) is 13.9. The summed E-state index contributed by atoms with van der Waals surface area (Å²) in [6.45, 7) is 4.81. The molecule has 0 aliphatic carbocycles. The summed E-state index contributed by atoms with van der Waals surface area (Å²) in [5.74, 6) is 0. The monoisotopic (exact) mass is 332 g/mol. The summed E-state index contributed by atoms with van der Waals surface area (Å²) in [5.41, 5.74) is 0. The SMILES string of the molecule is CC1NCCN(S(=O)(=O)c2ccc(S(C)(=O)=O)cc2)C1C. The van der Waals surface area contributed by atoms with Crippen molar-refractivity contribution >= 4 is 19.9 Å². The van der Waals surface area contributed by atoms with E-state index in [0.717, 1.165) is 6.26 Å². The minimum Gasteiger partial charge on any atom is -0.311 e. The van der Waals surface area contributed by atoms with Crippen molar-refractivity contribution in [3.63, 3.8) is 0 Å². The van der Waals surface area contributed by atoms with Crippen LogP contribution in [0.1, 0.15) is 13.8 Å². The highest BCUT2D eigenvalue weighted by Gasteiger charge is 2.34. The predicted octanol–water partition coefficient (Wildman–Crippen LogP) is 0.461. The number of nitrogens with zero attached hydrogens (tertiary/aromatic N) is 1. The fraction of sp³-hybridized carbons (Fsp3) is 0.538. The zero-order chi connectivity index (χ0) is 15.8. The molecule has 21 heavy (non-hydrogen) atoms. The Morgan fingerprint density at radius 3 is 2.10 bits per heavy atom. The molecule has 1 aliphatic rings. The number of benzene rings is 1. The molecule has 1 fully saturated rings. The molecule has 1 aromatic carbocycles. The standard InChI is InChI=1S/C13H20N2O4S2/c1-10-11(2)15(9-8-14-10)21(18,19)13-6-4-12(5-7-13)20(3,16)17/h4-7,10-11,14H,8-9H2,1-3H3. The topological polar surface area (TPSA) is 83.6 Å². The minimum absolute atomic E-state index is 0.0730. The Morgan fingerprint density at radius 1 is 1.05 bits per heavy atom. The van der Waals surface area contributed by atoms with Gasteiger partial charge in [0.1, 0.15) is 0 Å². The van der Waals surface area contributed by atoms with Crippen LogP contribution in [-0.4, -0.2) is 52.6 Å². The molecule has 1 heterocycles. The normalized spacial score (nSPS) is 24.9. The van der Waals surface area contributed by atoms with E-state index < -0.39 is 19.9 Å². The molecular weight excluding hydrogens is 312 g/mol. The number of nitrogens with one attached hydrogen (secondary N) is 1. The lowest BCUT2D eigenvalue weighted by Gasteiger charge is -2.37. The Labute approximate surface area is 126 Å². The van der Waals surface area contributed by atoms with Crippen LogP contribution >= 0.6 is 0 Å². The lowest BCUT2D eigenvalue weighted by Crippen LogP contribution is -2.57. The lowest BCUT2D eigenvalue weighted by molar-refractivity contribution is 0.233. The third-order valence-electron chi connectivity index (χ3n) is 3.83. The van der Waals surface area contributed by atoms with E-state index in [1.807, 2.05) is 13.8 Å². The first kappa shape index (κ1) is 16.4. The van der Waals surface area contributed by atoms with Crippen LogP contribution < -0.4 is 5.32 Å². The molecule has 0 spiro atoms. The van der Waals surface area contributed by atoms with Gasteiger partial charge in [0.2, 0.25) is 10.0 Å². The molecule has 8 heteroatoms. The first-order chi connectivity index (χ1) is 9.64. The van der Waals surface area contributed by atoms with E-state index in [-0.39, 0.29) is 21.9 Å². The van der Waals surface area contributed by atoms with Crippen molar-refractivity contribution < 1.29 is 16.8 Å². The molecule has 0 bridgehead atoms. The number of piperazine rings is 1. The second-order valence-corrected chi connectivity index (χ2v) is 9.25. The zero-order valence-electron chi connectivity index (χ0n) is 12.3. The summed E-state index contributed by atoms with van der Waals surface area (Å²) < 4.78 is 49.6. The molecule has 0 amide bonds. The fourth-order valence-corrected chi connectivity index (χ4v) is 4.69. The second kappa shape index (κ2) is 5.68. The van der Waals surface area contributed by atoms with Gasteiger partial charge < -0.3 is 5.32 Å². The summed E-state index contributed by atoms with van der Waals surface area (Å²) in [6.07, 6.45) is 1.09. The summed E-state index contributed by atoms with van der Waals surface area (Å²) in [6, 6.07) is 5.29. The molecule has 1 saturated heterocycles. The van der Waals surface area contributed by atoms with E-state index in [0.29, 0.717) is 13.1 Å². The number of rotatable bonds is 3. The molecular formula is C13H20N2O4S2. The first-order valence-electron chi connectivity index (χ1n) is 6.69. The minimum atomic E-state index is -3.61. The van der Waals surface area contributed by atoms with Gasteiger partial charge in [0.15, 0.2) is 9.84 Å². The van der Waals surface area contributed by atoms with Crippen LogP contribution in [0.15, 0.2) is 34.1 Å². The van der Waals surface area contributed by atoms with Crippen LogP contribution in [0, 0.1) is 0 Å². The molecule has 0 saturated carbocycles. The Balaban J connectivity index is 2.36. The molecule has 2 unspecified atom stereocenters. The van der Waals surface area contributed by atoms with Crippen molar-refractivity contribution in [2.24, 2.45) is 0 Å². The van der Waals surface area contributed by atoms with Crippen molar-refractivity contribution in [1.82, 2.24) is 9.62 Å². The van der Waals surface area contributed by atoms with E-state index >= 15 is 0 Å². The van der Waals surface area contributed by atoms with Gasteiger partial charge in [-0.1, -0.05) is 0 Å². The molecule has 0 aromatic heterocycles. The molecule has 2 atom stereocenters. The smallest absolute Gasteiger partial charge is 0.243 e. The molecule has 6 nitrogen and oxygen atoms in total. The van der Waals surface area contributed by atoms with Gasteiger partial charge in [-0.15, -0.1) is 0 Å².